The molecule has 0 amide bonds. The lowest BCUT2D eigenvalue weighted by Crippen LogP contribution is -2.07. The molecular weight excluding hydrogens is 304 g/mol. The summed E-state index contributed by atoms with van der Waals surface area (Å²) in [7, 11) is 1.93. The SMILES string of the molecule is CCc1cc(CC(O)c2ccc(Br)cc2C)n(C)n1. The summed E-state index contributed by atoms with van der Waals surface area (Å²) in [4.78, 5) is 0. The van der Waals surface area contributed by atoms with Crippen molar-refractivity contribution in [2.45, 2.75) is 32.8 Å². The van der Waals surface area contributed by atoms with Crippen molar-refractivity contribution in [1.82, 2.24) is 9.78 Å². The first-order chi connectivity index (χ1) is 9.01. The van der Waals surface area contributed by atoms with Crippen LogP contribution < -0.4 is 0 Å². The zero-order valence-electron chi connectivity index (χ0n) is 11.5. The molecule has 0 aliphatic rings. The molecule has 1 aromatic carbocycles. The molecule has 0 aliphatic carbocycles. The van der Waals surface area contributed by atoms with Crippen molar-refractivity contribution in [2.75, 3.05) is 0 Å². The van der Waals surface area contributed by atoms with Crippen molar-refractivity contribution in [3.05, 3.63) is 51.3 Å². The Morgan fingerprint density at radius 3 is 2.68 bits per heavy atom. The molecule has 1 atom stereocenters. The zero-order chi connectivity index (χ0) is 14.0. The van der Waals surface area contributed by atoms with Gasteiger partial charge in [-0.2, -0.15) is 5.10 Å². The van der Waals surface area contributed by atoms with Crippen LogP contribution in [0.1, 0.15) is 35.5 Å². The van der Waals surface area contributed by atoms with Gasteiger partial charge in [0.15, 0.2) is 0 Å². The molecule has 0 spiro atoms. The lowest BCUT2D eigenvalue weighted by molar-refractivity contribution is 0.175. The predicted octanol–water partition coefficient (Wildman–Crippen LogP) is 3.33. The Morgan fingerprint density at radius 1 is 1.37 bits per heavy atom. The molecule has 3 nitrogen and oxygen atoms in total. The maximum absolute atomic E-state index is 10.4. The van der Waals surface area contributed by atoms with E-state index in [1.165, 1.54) is 0 Å². The van der Waals surface area contributed by atoms with E-state index >= 15 is 0 Å². The maximum Gasteiger partial charge on any atom is 0.0847 e. The monoisotopic (exact) mass is 322 g/mol. The molecule has 0 fully saturated rings. The van der Waals surface area contributed by atoms with E-state index in [-0.39, 0.29) is 0 Å². The van der Waals surface area contributed by atoms with Crippen molar-refractivity contribution < 1.29 is 5.11 Å². The molecule has 0 saturated heterocycles. The molecule has 0 saturated carbocycles. The minimum atomic E-state index is -0.492. The van der Waals surface area contributed by atoms with E-state index in [0.29, 0.717) is 6.42 Å². The molecule has 0 radical (unpaired) electrons. The minimum absolute atomic E-state index is 0.492. The average molecular weight is 323 g/mol. The molecular formula is C15H19BrN2O. The number of aryl methyl sites for hydroxylation is 3. The van der Waals surface area contributed by atoms with Crippen LogP contribution in [0, 0.1) is 6.92 Å². The van der Waals surface area contributed by atoms with Crippen LogP contribution in [0.4, 0.5) is 0 Å². The Labute approximate surface area is 122 Å². The van der Waals surface area contributed by atoms with Crippen LogP contribution in [-0.2, 0) is 19.9 Å². The second-order valence-electron chi connectivity index (χ2n) is 4.83. The fraction of sp³-hybridized carbons (Fsp3) is 0.400. The summed E-state index contributed by atoms with van der Waals surface area (Å²) >= 11 is 3.44. The highest BCUT2D eigenvalue weighted by Crippen LogP contribution is 2.24. The largest absolute Gasteiger partial charge is 0.388 e. The molecule has 4 heteroatoms. The number of aliphatic hydroxyl groups is 1. The highest BCUT2D eigenvalue weighted by Gasteiger charge is 2.14. The van der Waals surface area contributed by atoms with Gasteiger partial charge in [-0.1, -0.05) is 28.9 Å². The molecule has 102 valence electrons. The summed E-state index contributed by atoms with van der Waals surface area (Å²) in [6, 6.07) is 8.03. The second kappa shape index (κ2) is 5.88. The molecule has 2 aromatic rings. The fourth-order valence-corrected chi connectivity index (χ4v) is 2.73. The summed E-state index contributed by atoms with van der Waals surface area (Å²) in [5.74, 6) is 0. The van der Waals surface area contributed by atoms with Gasteiger partial charge in [0.25, 0.3) is 0 Å². The third kappa shape index (κ3) is 3.25. The van der Waals surface area contributed by atoms with Crippen LogP contribution in [0.15, 0.2) is 28.7 Å². The van der Waals surface area contributed by atoms with Gasteiger partial charge in [0.2, 0.25) is 0 Å². The topological polar surface area (TPSA) is 38.0 Å². The first-order valence-electron chi connectivity index (χ1n) is 6.47. The van der Waals surface area contributed by atoms with Gasteiger partial charge >= 0.3 is 0 Å². The summed E-state index contributed by atoms with van der Waals surface area (Å²) in [5, 5.41) is 14.8. The van der Waals surface area contributed by atoms with Gasteiger partial charge in [0.1, 0.15) is 0 Å². The molecule has 19 heavy (non-hydrogen) atoms. The molecule has 1 heterocycles. The van der Waals surface area contributed by atoms with E-state index < -0.39 is 6.10 Å². The molecule has 1 aromatic heterocycles. The highest BCUT2D eigenvalue weighted by atomic mass is 79.9. The summed E-state index contributed by atoms with van der Waals surface area (Å²) in [6.07, 6.45) is 1.01. The Balaban J connectivity index is 2.20. The van der Waals surface area contributed by atoms with Gasteiger partial charge in [-0.25, -0.2) is 0 Å². The fourth-order valence-electron chi connectivity index (χ4n) is 2.26. The third-order valence-corrected chi connectivity index (χ3v) is 3.88. The van der Waals surface area contributed by atoms with Crippen LogP contribution in [0.25, 0.3) is 0 Å². The quantitative estimate of drug-likeness (QED) is 0.937. The first kappa shape index (κ1) is 14.3. The van der Waals surface area contributed by atoms with Crippen molar-refractivity contribution in [3.63, 3.8) is 0 Å². The number of rotatable bonds is 4. The van der Waals surface area contributed by atoms with Crippen LogP contribution >= 0.6 is 15.9 Å². The smallest absolute Gasteiger partial charge is 0.0847 e. The van der Waals surface area contributed by atoms with Gasteiger partial charge in [-0.3, -0.25) is 4.68 Å². The van der Waals surface area contributed by atoms with Crippen molar-refractivity contribution >= 4 is 15.9 Å². The van der Waals surface area contributed by atoms with Crippen molar-refractivity contribution in [2.24, 2.45) is 7.05 Å². The maximum atomic E-state index is 10.4. The first-order valence-corrected chi connectivity index (χ1v) is 7.26. The van der Waals surface area contributed by atoms with E-state index in [4.69, 9.17) is 0 Å². The van der Waals surface area contributed by atoms with Gasteiger partial charge in [-0.15, -0.1) is 0 Å². The molecule has 0 aliphatic heterocycles. The lowest BCUT2D eigenvalue weighted by atomic mass is 10.00. The number of aromatic nitrogens is 2. The van der Waals surface area contributed by atoms with Crippen LogP contribution in [-0.4, -0.2) is 14.9 Å². The van der Waals surface area contributed by atoms with E-state index in [0.717, 1.165) is 33.4 Å². The van der Waals surface area contributed by atoms with E-state index in [1.54, 1.807) is 0 Å². The predicted molar refractivity (Wildman–Crippen MR) is 80.1 cm³/mol. The van der Waals surface area contributed by atoms with Crippen molar-refractivity contribution in [1.29, 1.82) is 0 Å². The number of hydrogen-bond acceptors (Lipinski definition) is 2. The summed E-state index contributed by atoms with van der Waals surface area (Å²) < 4.78 is 2.89. The van der Waals surface area contributed by atoms with E-state index in [2.05, 4.69) is 34.0 Å². The third-order valence-electron chi connectivity index (χ3n) is 3.38. The molecule has 1 N–H and O–H groups in total. The standard InChI is InChI=1S/C15H19BrN2O/c1-4-12-8-13(18(3)17-12)9-15(19)14-6-5-11(16)7-10(14)2/h5-8,15,19H,4,9H2,1-3H3. The Hall–Kier alpha value is -1.13. The van der Waals surface area contributed by atoms with E-state index in [9.17, 15) is 5.11 Å². The minimum Gasteiger partial charge on any atom is -0.388 e. The van der Waals surface area contributed by atoms with Gasteiger partial charge in [0, 0.05) is 23.6 Å². The molecule has 1 unspecified atom stereocenters. The van der Waals surface area contributed by atoms with Crippen LogP contribution in [0.3, 0.4) is 0 Å². The van der Waals surface area contributed by atoms with Gasteiger partial charge in [0.05, 0.1) is 11.8 Å². The van der Waals surface area contributed by atoms with Crippen molar-refractivity contribution in [3.8, 4) is 0 Å². The molecule has 0 bridgehead atoms. The number of halogens is 1. The number of hydrogen-bond donors (Lipinski definition) is 1. The zero-order valence-corrected chi connectivity index (χ0v) is 13.1. The second-order valence-corrected chi connectivity index (χ2v) is 5.74. The normalized spacial score (nSPS) is 12.7. The molecule has 2 rings (SSSR count). The van der Waals surface area contributed by atoms with E-state index in [1.807, 2.05) is 36.9 Å². The highest BCUT2D eigenvalue weighted by molar-refractivity contribution is 9.10. The Kier molecular flexibility index (Phi) is 4.42. The Morgan fingerprint density at radius 2 is 2.11 bits per heavy atom. The number of aliphatic hydroxyl groups excluding tert-OH is 1. The number of benzene rings is 1. The average Bonchev–Trinajstić information content (AvgIpc) is 2.70. The lowest BCUT2D eigenvalue weighted by Gasteiger charge is -2.14. The van der Waals surface area contributed by atoms with Crippen LogP contribution in [0.2, 0.25) is 0 Å². The number of nitrogens with zero attached hydrogens (tertiary/aromatic N) is 2. The summed E-state index contributed by atoms with van der Waals surface area (Å²) in [5.41, 5.74) is 4.20. The Bertz CT molecular complexity index is 578. The van der Waals surface area contributed by atoms with Gasteiger partial charge < -0.3 is 5.11 Å². The van der Waals surface area contributed by atoms with Gasteiger partial charge in [-0.05, 0) is 42.7 Å². The summed E-state index contributed by atoms with van der Waals surface area (Å²) in [6.45, 7) is 4.10. The van der Waals surface area contributed by atoms with Crippen LogP contribution in [0.5, 0.6) is 0 Å².